The van der Waals surface area contributed by atoms with Gasteiger partial charge in [-0.2, -0.15) is 5.10 Å². The van der Waals surface area contributed by atoms with Gasteiger partial charge < -0.3 is 9.47 Å². The molecular formula is C14H22N2O3. The summed E-state index contributed by atoms with van der Waals surface area (Å²) in [6.45, 7) is 3.72. The Kier molecular flexibility index (Phi) is 4.71. The Hall–Kier alpha value is -1.20. The Labute approximate surface area is 113 Å². The molecule has 1 aliphatic heterocycles. The predicted octanol–water partition coefficient (Wildman–Crippen LogP) is 1.51. The summed E-state index contributed by atoms with van der Waals surface area (Å²) in [6.07, 6.45) is 4.31. The molecule has 0 radical (unpaired) electrons. The number of rotatable bonds is 6. The lowest BCUT2D eigenvalue weighted by Crippen LogP contribution is -2.46. The van der Waals surface area contributed by atoms with Crippen molar-refractivity contribution >= 4 is 5.78 Å². The zero-order valence-corrected chi connectivity index (χ0v) is 11.7. The van der Waals surface area contributed by atoms with Crippen molar-refractivity contribution in [1.29, 1.82) is 0 Å². The van der Waals surface area contributed by atoms with Crippen molar-refractivity contribution in [2.24, 2.45) is 7.05 Å². The average Bonchev–Trinajstić information content (AvgIpc) is 2.83. The molecule has 0 saturated carbocycles. The first-order chi connectivity index (χ1) is 9.18. The molecule has 2 heterocycles. The smallest absolute Gasteiger partial charge is 0.165 e. The number of ether oxygens (including phenoxy) is 2. The number of nitrogens with zero attached hydrogens (tertiary/aromatic N) is 2. The molecule has 1 fully saturated rings. The van der Waals surface area contributed by atoms with Gasteiger partial charge in [0, 0.05) is 58.0 Å². The first-order valence-corrected chi connectivity index (χ1v) is 6.90. The van der Waals surface area contributed by atoms with Crippen molar-refractivity contribution in [3.8, 4) is 0 Å². The molecule has 0 aliphatic carbocycles. The quantitative estimate of drug-likeness (QED) is 0.783. The zero-order chi connectivity index (χ0) is 13.7. The Balaban J connectivity index is 1.97. The molecule has 0 unspecified atom stereocenters. The number of ketones is 1. The molecule has 1 aromatic heterocycles. The van der Waals surface area contributed by atoms with E-state index in [-0.39, 0.29) is 5.78 Å². The second-order valence-corrected chi connectivity index (χ2v) is 4.91. The van der Waals surface area contributed by atoms with Crippen LogP contribution in [0.4, 0.5) is 0 Å². The van der Waals surface area contributed by atoms with Gasteiger partial charge in [0.25, 0.3) is 0 Å². The summed E-state index contributed by atoms with van der Waals surface area (Å²) in [4.78, 5) is 12.5. The first-order valence-electron chi connectivity index (χ1n) is 6.90. The molecular weight excluding hydrogens is 244 g/mol. The summed E-state index contributed by atoms with van der Waals surface area (Å²) in [5.41, 5.74) is 0.457. The first kappa shape index (κ1) is 14.2. The molecule has 2 rings (SSSR count). The number of hydrogen-bond donors (Lipinski definition) is 0. The topological polar surface area (TPSA) is 53.3 Å². The van der Waals surface area contributed by atoms with Gasteiger partial charge in [-0.25, -0.2) is 0 Å². The summed E-state index contributed by atoms with van der Waals surface area (Å²) < 4.78 is 12.9. The number of carbonyl (C=O) groups excluding carboxylic acids is 1. The average molecular weight is 266 g/mol. The maximum Gasteiger partial charge on any atom is 0.165 e. The van der Waals surface area contributed by atoms with Crippen LogP contribution in [-0.2, 0) is 27.7 Å². The minimum atomic E-state index is -0.619. The van der Waals surface area contributed by atoms with E-state index in [1.165, 1.54) is 0 Å². The number of carbonyl (C=O) groups is 1. The van der Waals surface area contributed by atoms with Crippen LogP contribution in [0.15, 0.2) is 12.3 Å². The third-order valence-corrected chi connectivity index (χ3v) is 3.76. The third-order valence-electron chi connectivity index (χ3n) is 3.76. The molecule has 5 nitrogen and oxygen atoms in total. The van der Waals surface area contributed by atoms with Gasteiger partial charge in [0.05, 0.1) is 0 Å². The molecule has 106 valence electrons. The van der Waals surface area contributed by atoms with Crippen LogP contribution in [0.1, 0.15) is 31.9 Å². The normalized spacial score (nSPS) is 18.4. The fraction of sp³-hybridized carbons (Fsp3) is 0.714. The van der Waals surface area contributed by atoms with E-state index >= 15 is 0 Å². The molecule has 19 heavy (non-hydrogen) atoms. The minimum absolute atomic E-state index is 0.193. The summed E-state index contributed by atoms with van der Waals surface area (Å²) in [7, 11) is 1.90. The number of Topliss-reactive ketones (excluding diaryl/α,β-unsaturated/α-hetero) is 1. The third kappa shape index (κ3) is 3.22. The van der Waals surface area contributed by atoms with E-state index in [0.29, 0.717) is 45.5 Å². The van der Waals surface area contributed by atoms with Crippen molar-refractivity contribution in [2.45, 2.75) is 38.2 Å². The van der Waals surface area contributed by atoms with E-state index in [1.54, 1.807) is 6.20 Å². The summed E-state index contributed by atoms with van der Waals surface area (Å²) in [5, 5.41) is 4.11. The van der Waals surface area contributed by atoms with Gasteiger partial charge in [-0.15, -0.1) is 0 Å². The molecule has 5 heteroatoms. The molecule has 0 amide bonds. The Bertz CT molecular complexity index is 417. The maximum atomic E-state index is 12.5. The van der Waals surface area contributed by atoms with Gasteiger partial charge in [-0.1, -0.05) is 0 Å². The highest BCUT2D eigenvalue weighted by Crippen LogP contribution is 2.28. The predicted molar refractivity (Wildman–Crippen MR) is 70.9 cm³/mol. The van der Waals surface area contributed by atoms with Crippen LogP contribution >= 0.6 is 0 Å². The van der Waals surface area contributed by atoms with Crippen LogP contribution in [0.5, 0.6) is 0 Å². The molecule has 1 saturated heterocycles. The fourth-order valence-electron chi connectivity index (χ4n) is 2.60. The molecule has 1 aromatic rings. The van der Waals surface area contributed by atoms with Gasteiger partial charge >= 0.3 is 0 Å². The lowest BCUT2D eigenvalue weighted by Gasteiger charge is -2.35. The molecule has 0 atom stereocenters. The summed E-state index contributed by atoms with van der Waals surface area (Å²) in [6, 6.07) is 1.95. The summed E-state index contributed by atoms with van der Waals surface area (Å²) >= 11 is 0. The Morgan fingerprint density at radius 2 is 2.26 bits per heavy atom. The van der Waals surface area contributed by atoms with Crippen molar-refractivity contribution in [3.63, 3.8) is 0 Å². The van der Waals surface area contributed by atoms with E-state index in [4.69, 9.17) is 9.47 Å². The lowest BCUT2D eigenvalue weighted by atomic mass is 9.86. The van der Waals surface area contributed by atoms with Crippen molar-refractivity contribution < 1.29 is 14.3 Å². The summed E-state index contributed by atoms with van der Waals surface area (Å²) in [5.74, 6) is 0.193. The van der Waals surface area contributed by atoms with E-state index in [0.717, 1.165) is 5.69 Å². The van der Waals surface area contributed by atoms with E-state index in [2.05, 4.69) is 5.10 Å². The van der Waals surface area contributed by atoms with Crippen LogP contribution in [-0.4, -0.2) is 41.0 Å². The van der Waals surface area contributed by atoms with Crippen LogP contribution in [0.2, 0.25) is 0 Å². The zero-order valence-electron chi connectivity index (χ0n) is 11.7. The van der Waals surface area contributed by atoms with Crippen LogP contribution in [0.3, 0.4) is 0 Å². The largest absolute Gasteiger partial charge is 0.381 e. The van der Waals surface area contributed by atoms with Crippen LogP contribution < -0.4 is 0 Å². The fourth-order valence-corrected chi connectivity index (χ4v) is 2.60. The Morgan fingerprint density at radius 1 is 1.53 bits per heavy atom. The molecule has 0 spiro atoms. The minimum Gasteiger partial charge on any atom is -0.381 e. The second-order valence-electron chi connectivity index (χ2n) is 4.91. The van der Waals surface area contributed by atoms with Gasteiger partial charge in [0.2, 0.25) is 0 Å². The van der Waals surface area contributed by atoms with Crippen LogP contribution in [0.25, 0.3) is 0 Å². The van der Waals surface area contributed by atoms with Crippen LogP contribution in [0, 0.1) is 0 Å². The molecule has 0 N–H and O–H groups in total. The highest BCUT2D eigenvalue weighted by atomic mass is 16.5. The van der Waals surface area contributed by atoms with E-state index in [1.807, 2.05) is 24.7 Å². The van der Waals surface area contributed by atoms with Crippen molar-refractivity contribution in [2.75, 3.05) is 19.8 Å². The number of aromatic nitrogens is 2. The van der Waals surface area contributed by atoms with Crippen molar-refractivity contribution in [1.82, 2.24) is 9.78 Å². The highest BCUT2D eigenvalue weighted by Gasteiger charge is 2.39. The van der Waals surface area contributed by atoms with E-state index < -0.39 is 5.60 Å². The van der Waals surface area contributed by atoms with Gasteiger partial charge in [0.15, 0.2) is 5.78 Å². The maximum absolute atomic E-state index is 12.5. The second kappa shape index (κ2) is 6.30. The number of hydrogen-bond acceptors (Lipinski definition) is 4. The molecule has 1 aliphatic rings. The van der Waals surface area contributed by atoms with Gasteiger partial charge in [-0.05, 0) is 19.4 Å². The molecule has 0 bridgehead atoms. The lowest BCUT2D eigenvalue weighted by molar-refractivity contribution is -0.157. The standard InChI is InChI=1S/C14H22N2O3/c1-3-19-14(7-10-18-11-8-14)13(17)5-4-12-6-9-15-16(12)2/h6,9H,3-5,7-8,10-11H2,1-2H3. The number of aryl methyl sites for hydroxylation is 2. The highest BCUT2D eigenvalue weighted by molar-refractivity contribution is 5.87. The van der Waals surface area contributed by atoms with Gasteiger partial charge in [0.1, 0.15) is 5.60 Å². The Morgan fingerprint density at radius 3 is 2.84 bits per heavy atom. The van der Waals surface area contributed by atoms with Gasteiger partial charge in [-0.3, -0.25) is 9.48 Å². The monoisotopic (exact) mass is 266 g/mol. The molecule has 0 aromatic carbocycles. The SMILES string of the molecule is CCOC1(C(=O)CCc2ccnn2C)CCOCC1. The van der Waals surface area contributed by atoms with Crippen molar-refractivity contribution in [3.05, 3.63) is 18.0 Å². The van der Waals surface area contributed by atoms with E-state index in [9.17, 15) is 4.79 Å².